The van der Waals surface area contributed by atoms with Gasteiger partial charge in [0.1, 0.15) is 42.8 Å². The lowest BCUT2D eigenvalue weighted by atomic mass is 9.89. The van der Waals surface area contributed by atoms with Crippen molar-refractivity contribution < 1.29 is 32.9 Å². The zero-order valence-corrected chi connectivity index (χ0v) is 25.9. The minimum atomic E-state index is -0.925. The monoisotopic (exact) mass is 637 g/mol. The number of phenolic OH excluding ortho intramolecular Hbond substituents is 1. The van der Waals surface area contributed by atoms with Crippen LogP contribution in [-0.2, 0) is 11.2 Å². The quantitative estimate of drug-likeness (QED) is 0.355. The number of piperidine rings is 1. The lowest BCUT2D eigenvalue weighted by Gasteiger charge is -2.43. The van der Waals surface area contributed by atoms with Crippen LogP contribution in [0.2, 0.25) is 0 Å². The van der Waals surface area contributed by atoms with Crippen molar-refractivity contribution in [1.29, 1.82) is 0 Å². The Morgan fingerprint density at radius 2 is 2.07 bits per heavy atom. The average Bonchev–Trinajstić information content (AvgIpc) is 3.51. The normalized spacial score (nSPS) is 30.6. The lowest BCUT2D eigenvalue weighted by Crippen LogP contribution is -2.52. The first-order valence-corrected chi connectivity index (χ1v) is 16.3. The van der Waals surface area contributed by atoms with Crippen LogP contribution in [0.15, 0.2) is 29.3 Å². The van der Waals surface area contributed by atoms with Crippen molar-refractivity contribution in [2.24, 2.45) is 10.9 Å². The highest BCUT2D eigenvalue weighted by atomic mass is 19.1. The summed E-state index contributed by atoms with van der Waals surface area (Å²) in [5.41, 5.74) is 0.524. The van der Waals surface area contributed by atoms with Gasteiger partial charge < -0.3 is 25.0 Å². The second-order valence-electron chi connectivity index (χ2n) is 13.6. The summed E-state index contributed by atoms with van der Waals surface area (Å²) in [6.07, 6.45) is 0.826. The van der Waals surface area contributed by atoms with Crippen LogP contribution < -0.4 is 10.1 Å². The first-order chi connectivity index (χ1) is 22.2. The summed E-state index contributed by atoms with van der Waals surface area (Å²) in [7, 11) is 0. The molecule has 5 aliphatic heterocycles. The third-order valence-electron chi connectivity index (χ3n) is 10.8. The Morgan fingerprint density at radius 1 is 1.22 bits per heavy atom. The number of anilines is 1. The zero-order valence-electron chi connectivity index (χ0n) is 25.9. The number of nitrogens with zero attached hydrogens (tertiary/aromatic N) is 4. The maximum atomic E-state index is 17.0. The summed E-state index contributed by atoms with van der Waals surface area (Å²) in [5.74, 6) is -1.07. The molecule has 3 aromatic rings. The van der Waals surface area contributed by atoms with Crippen molar-refractivity contribution in [3.8, 4) is 22.9 Å². The van der Waals surface area contributed by atoms with E-state index in [-0.39, 0.29) is 59.8 Å². The molecule has 5 aliphatic rings. The molecular formula is C34H38F3N5O4. The number of hydrogen-bond donors (Lipinski definition) is 3. The molecule has 9 nitrogen and oxygen atoms in total. The third kappa shape index (κ3) is 4.63. The fraction of sp³-hybridized carbons (Fsp3) is 0.529. The van der Waals surface area contributed by atoms with E-state index in [1.165, 1.54) is 18.2 Å². The topological polar surface area (TPSA) is 103 Å². The number of aliphatic hydroxyl groups excluding tert-OH is 1. The van der Waals surface area contributed by atoms with Crippen molar-refractivity contribution in [2.45, 2.75) is 76.0 Å². The molecule has 0 bridgehead atoms. The molecule has 0 aliphatic carbocycles. The van der Waals surface area contributed by atoms with Crippen molar-refractivity contribution in [1.82, 2.24) is 14.8 Å². The van der Waals surface area contributed by atoms with Gasteiger partial charge in [0.25, 0.3) is 6.02 Å². The number of aromatic hydroxyl groups is 1. The summed E-state index contributed by atoms with van der Waals surface area (Å²) in [5, 5.41) is 25.6. The number of pyridine rings is 1. The van der Waals surface area contributed by atoms with Crippen molar-refractivity contribution >= 4 is 22.5 Å². The number of nitrogens with one attached hydrogen (secondary N) is 1. The summed E-state index contributed by atoms with van der Waals surface area (Å²) >= 11 is 0. The van der Waals surface area contributed by atoms with E-state index >= 15 is 8.78 Å². The number of aliphatic imine (C=N–C) groups is 1. The molecule has 6 atom stereocenters. The molecule has 46 heavy (non-hydrogen) atoms. The van der Waals surface area contributed by atoms with Crippen LogP contribution in [0.25, 0.3) is 22.0 Å². The van der Waals surface area contributed by atoms with E-state index in [0.717, 1.165) is 19.4 Å². The number of hydrogen-bond acceptors (Lipinski definition) is 9. The summed E-state index contributed by atoms with van der Waals surface area (Å²) < 4.78 is 59.2. The predicted molar refractivity (Wildman–Crippen MR) is 167 cm³/mol. The zero-order chi connectivity index (χ0) is 31.9. The van der Waals surface area contributed by atoms with Gasteiger partial charge in [0.05, 0.1) is 22.9 Å². The molecule has 3 N–H and O–H groups in total. The van der Waals surface area contributed by atoms with E-state index in [2.05, 4.69) is 10.2 Å². The lowest BCUT2D eigenvalue weighted by molar-refractivity contribution is -0.0305. The number of halogens is 3. The summed E-state index contributed by atoms with van der Waals surface area (Å²) in [6, 6.07) is 5.79. The van der Waals surface area contributed by atoms with E-state index in [1.807, 2.05) is 18.7 Å². The minimum Gasteiger partial charge on any atom is -0.508 e. The van der Waals surface area contributed by atoms with Gasteiger partial charge in [-0.25, -0.2) is 23.1 Å². The van der Waals surface area contributed by atoms with Gasteiger partial charge in [-0.2, -0.15) is 0 Å². The second kappa shape index (κ2) is 11.0. The largest absolute Gasteiger partial charge is 0.508 e. The fourth-order valence-electron chi connectivity index (χ4n) is 8.42. The van der Waals surface area contributed by atoms with E-state index in [9.17, 15) is 14.6 Å². The molecule has 12 heteroatoms. The smallest absolute Gasteiger partial charge is 0.291 e. The number of benzene rings is 2. The molecule has 1 aromatic heterocycles. The van der Waals surface area contributed by atoms with Gasteiger partial charge in [-0.3, -0.25) is 9.80 Å². The first kappa shape index (κ1) is 29.8. The van der Waals surface area contributed by atoms with E-state index in [4.69, 9.17) is 19.5 Å². The molecule has 0 saturated carbocycles. The molecule has 8 rings (SSSR count). The van der Waals surface area contributed by atoms with E-state index in [0.29, 0.717) is 54.3 Å². The number of ether oxygens (including phenoxy) is 2. The number of aryl methyl sites for hydroxylation is 1. The Hall–Kier alpha value is -3.61. The molecule has 0 radical (unpaired) electrons. The predicted octanol–water partition coefficient (Wildman–Crippen LogP) is 5.28. The number of aromatic nitrogens is 1. The third-order valence-corrected chi connectivity index (χ3v) is 10.8. The van der Waals surface area contributed by atoms with Crippen molar-refractivity contribution in [3.63, 3.8) is 0 Å². The number of alkyl halides is 1. The highest BCUT2D eigenvalue weighted by Gasteiger charge is 2.50. The van der Waals surface area contributed by atoms with Gasteiger partial charge >= 0.3 is 0 Å². The Kier molecular flexibility index (Phi) is 7.11. The molecule has 6 heterocycles. The van der Waals surface area contributed by atoms with Gasteiger partial charge in [0.2, 0.25) is 5.88 Å². The highest BCUT2D eigenvalue weighted by molar-refractivity contribution is 6.01. The van der Waals surface area contributed by atoms with Gasteiger partial charge in [0.15, 0.2) is 5.82 Å². The number of phenols is 1. The average molecular weight is 638 g/mol. The highest BCUT2D eigenvalue weighted by Crippen LogP contribution is 2.48. The van der Waals surface area contributed by atoms with Crippen LogP contribution in [0.1, 0.15) is 56.8 Å². The molecule has 0 spiro atoms. The summed E-state index contributed by atoms with van der Waals surface area (Å²) in [4.78, 5) is 13.8. The standard InChI is InChI=1S/C34H38F3N5O4/c1-3-22-24(36)6-5-18-10-21(43)11-23(26(18)22)29-28(37)30-27-31(42-14-25(44)17(2)9-20(42)15-45-32(27)38-29)40-33(39-30)46-16-34-7-4-8-41(34)13-19(35)12-34/h5-6,10-11,17,19-20,25,31,43-44H,3-4,7-9,12-16H2,1-2H3,(H,39,40)/t17-,19-,20+,25-,31?,34+/m1/s1. The molecule has 3 saturated heterocycles. The minimum absolute atomic E-state index is 0.0247. The Labute approximate surface area is 265 Å². The number of amidine groups is 1. The number of fused-ring (bicyclic) bond motifs is 4. The molecular weight excluding hydrogens is 599 g/mol. The molecule has 244 valence electrons. The maximum absolute atomic E-state index is 17.0. The van der Waals surface area contributed by atoms with E-state index in [1.54, 1.807) is 6.07 Å². The number of rotatable bonds is 4. The SMILES string of the molecule is CCc1c(F)ccc2cc(O)cc(-c3nc4c5c(c3F)NC(OC[C@@]36CCCN3C[C@H](F)C6)=NC5N3C[C@@H](O)[C@H](C)C[C@H]3CO4)c12. The van der Waals surface area contributed by atoms with Gasteiger partial charge in [-0.05, 0) is 72.7 Å². The fourth-order valence-corrected chi connectivity index (χ4v) is 8.42. The van der Waals surface area contributed by atoms with E-state index < -0.39 is 35.6 Å². The number of aliphatic hydroxyl groups is 1. The van der Waals surface area contributed by atoms with Crippen molar-refractivity contribution in [2.75, 3.05) is 38.2 Å². The van der Waals surface area contributed by atoms with Crippen LogP contribution in [0.5, 0.6) is 11.6 Å². The first-order valence-electron chi connectivity index (χ1n) is 16.3. The van der Waals surface area contributed by atoms with Crippen LogP contribution in [0, 0.1) is 17.6 Å². The van der Waals surface area contributed by atoms with Crippen LogP contribution in [0.4, 0.5) is 18.9 Å². The second-order valence-corrected chi connectivity index (χ2v) is 13.6. The van der Waals surface area contributed by atoms with Gasteiger partial charge in [0, 0.05) is 31.1 Å². The van der Waals surface area contributed by atoms with Crippen LogP contribution in [-0.4, -0.2) is 87.7 Å². The van der Waals surface area contributed by atoms with Gasteiger partial charge in [-0.15, -0.1) is 0 Å². The van der Waals surface area contributed by atoms with Gasteiger partial charge in [-0.1, -0.05) is 19.9 Å². The van der Waals surface area contributed by atoms with Crippen LogP contribution >= 0.6 is 0 Å². The Bertz CT molecular complexity index is 1760. The summed E-state index contributed by atoms with van der Waals surface area (Å²) in [6.45, 7) is 5.74. The Balaban J connectivity index is 1.27. The molecule has 3 fully saturated rings. The molecule has 2 aromatic carbocycles. The van der Waals surface area contributed by atoms with Crippen molar-refractivity contribution in [3.05, 3.63) is 47.0 Å². The molecule has 0 amide bonds. The molecule has 1 unspecified atom stereocenters. The Morgan fingerprint density at radius 3 is 2.89 bits per heavy atom. The van der Waals surface area contributed by atoms with Crippen LogP contribution in [0.3, 0.4) is 0 Å². The maximum Gasteiger partial charge on any atom is 0.291 e.